The molecule has 0 saturated heterocycles. The first-order chi connectivity index (χ1) is 8.69. The van der Waals surface area contributed by atoms with Crippen molar-refractivity contribution in [3.63, 3.8) is 0 Å². The highest BCUT2D eigenvalue weighted by molar-refractivity contribution is 14.1. The Morgan fingerprint density at radius 3 is 1.67 bits per heavy atom. The standard InChI is InChI=1S/C7H6Br2.C7H6BrI/c2*8-5-6-3-1-2-4-7(6)9/h2*1-4H,5H2. The highest BCUT2D eigenvalue weighted by Gasteiger charge is 1.93. The van der Waals surface area contributed by atoms with Gasteiger partial charge < -0.3 is 0 Å². The summed E-state index contributed by atoms with van der Waals surface area (Å²) < 4.78 is 2.49. The van der Waals surface area contributed by atoms with Gasteiger partial charge in [0.25, 0.3) is 0 Å². The molecule has 4 heteroatoms. The van der Waals surface area contributed by atoms with Gasteiger partial charge in [0.05, 0.1) is 0 Å². The van der Waals surface area contributed by atoms with Crippen molar-refractivity contribution in [1.29, 1.82) is 0 Å². The summed E-state index contributed by atoms with van der Waals surface area (Å²) in [5.41, 5.74) is 2.65. The van der Waals surface area contributed by atoms with Gasteiger partial charge in [0.1, 0.15) is 0 Å². The number of benzene rings is 2. The molecule has 0 nitrogen and oxygen atoms in total. The molecule has 2 rings (SSSR count). The molecule has 0 aromatic heterocycles. The van der Waals surface area contributed by atoms with Crippen LogP contribution >= 0.6 is 70.4 Å². The summed E-state index contributed by atoms with van der Waals surface area (Å²) in [4.78, 5) is 0. The van der Waals surface area contributed by atoms with Crippen LogP contribution < -0.4 is 0 Å². The van der Waals surface area contributed by atoms with E-state index in [9.17, 15) is 0 Å². The van der Waals surface area contributed by atoms with E-state index in [2.05, 4.69) is 94.6 Å². The van der Waals surface area contributed by atoms with Crippen molar-refractivity contribution in [2.45, 2.75) is 10.7 Å². The second kappa shape index (κ2) is 9.50. The highest BCUT2D eigenvalue weighted by Crippen LogP contribution is 2.17. The number of alkyl halides is 2. The monoisotopic (exact) mass is 544 g/mol. The average molecular weight is 547 g/mol. The maximum absolute atomic E-state index is 3.43. The van der Waals surface area contributed by atoms with Crippen LogP contribution in [0.15, 0.2) is 53.0 Å². The van der Waals surface area contributed by atoms with E-state index in [1.165, 1.54) is 19.2 Å². The summed E-state index contributed by atoms with van der Waals surface area (Å²) in [6.45, 7) is 0. The third kappa shape index (κ3) is 5.72. The van der Waals surface area contributed by atoms with E-state index < -0.39 is 0 Å². The van der Waals surface area contributed by atoms with E-state index in [0.29, 0.717) is 0 Å². The second-order valence-corrected chi connectivity index (χ2v) is 6.59. The third-order valence-electron chi connectivity index (χ3n) is 2.20. The zero-order valence-corrected chi connectivity index (χ0v) is 16.5. The van der Waals surface area contributed by atoms with Crippen LogP contribution in [0.25, 0.3) is 0 Å². The van der Waals surface area contributed by atoms with Gasteiger partial charge in [0, 0.05) is 18.7 Å². The van der Waals surface area contributed by atoms with Gasteiger partial charge in [-0.25, -0.2) is 0 Å². The van der Waals surface area contributed by atoms with Crippen molar-refractivity contribution in [2.24, 2.45) is 0 Å². The topological polar surface area (TPSA) is 0 Å². The van der Waals surface area contributed by atoms with Gasteiger partial charge in [-0.05, 0) is 45.9 Å². The van der Waals surface area contributed by atoms with E-state index in [1.807, 2.05) is 24.3 Å². The lowest BCUT2D eigenvalue weighted by molar-refractivity contribution is 1.40. The van der Waals surface area contributed by atoms with Crippen molar-refractivity contribution in [1.82, 2.24) is 0 Å². The molecule has 0 saturated carbocycles. The van der Waals surface area contributed by atoms with E-state index in [1.54, 1.807) is 0 Å². The van der Waals surface area contributed by atoms with E-state index in [0.717, 1.165) is 10.7 Å². The molecule has 0 amide bonds. The minimum atomic E-state index is 0.911. The molecule has 96 valence electrons. The SMILES string of the molecule is BrCc1ccccc1Br.BrCc1ccccc1I. The van der Waals surface area contributed by atoms with Crippen molar-refractivity contribution >= 4 is 70.4 Å². The van der Waals surface area contributed by atoms with Crippen LogP contribution in [0.2, 0.25) is 0 Å². The Kier molecular flexibility index (Phi) is 8.80. The molecule has 18 heavy (non-hydrogen) atoms. The molecule has 0 radical (unpaired) electrons. The highest BCUT2D eigenvalue weighted by atomic mass is 127. The first kappa shape index (κ1) is 16.7. The summed E-state index contributed by atoms with van der Waals surface area (Å²) in [5.74, 6) is 0. The molecular formula is C14H12Br3I. The lowest BCUT2D eigenvalue weighted by Crippen LogP contribution is -1.79. The Morgan fingerprint density at radius 2 is 1.28 bits per heavy atom. The quantitative estimate of drug-likeness (QED) is 0.297. The van der Waals surface area contributed by atoms with Gasteiger partial charge in [-0.15, -0.1) is 0 Å². The maximum atomic E-state index is 3.43. The predicted molar refractivity (Wildman–Crippen MR) is 98.6 cm³/mol. The lowest BCUT2D eigenvalue weighted by atomic mass is 10.2. The first-order valence-electron chi connectivity index (χ1n) is 5.27. The zero-order chi connectivity index (χ0) is 13.4. The lowest BCUT2D eigenvalue weighted by Gasteiger charge is -1.95. The van der Waals surface area contributed by atoms with E-state index >= 15 is 0 Å². The first-order valence-corrected chi connectivity index (χ1v) is 9.39. The van der Waals surface area contributed by atoms with Crippen molar-refractivity contribution < 1.29 is 0 Å². The van der Waals surface area contributed by atoms with Crippen LogP contribution in [0.5, 0.6) is 0 Å². The van der Waals surface area contributed by atoms with Crippen LogP contribution in [0, 0.1) is 3.57 Å². The zero-order valence-electron chi connectivity index (χ0n) is 9.54. The summed E-state index contributed by atoms with van der Waals surface area (Å²) in [7, 11) is 0. The normalized spacial score (nSPS) is 9.56. The van der Waals surface area contributed by atoms with E-state index in [4.69, 9.17) is 0 Å². The minimum absolute atomic E-state index is 0.911. The van der Waals surface area contributed by atoms with Gasteiger partial charge >= 0.3 is 0 Å². The van der Waals surface area contributed by atoms with Crippen LogP contribution in [-0.4, -0.2) is 0 Å². The maximum Gasteiger partial charge on any atom is 0.0294 e. The van der Waals surface area contributed by atoms with Crippen LogP contribution in [0.4, 0.5) is 0 Å². The van der Waals surface area contributed by atoms with Crippen molar-refractivity contribution in [3.8, 4) is 0 Å². The molecule has 2 aromatic carbocycles. The average Bonchev–Trinajstić information content (AvgIpc) is 2.41. The minimum Gasteiger partial charge on any atom is -0.0876 e. The molecule has 0 bridgehead atoms. The summed E-state index contributed by atoms with van der Waals surface area (Å²) >= 11 is 12.5. The largest absolute Gasteiger partial charge is 0.0876 e. The molecule has 0 aliphatic carbocycles. The Balaban J connectivity index is 0.000000180. The molecule has 0 unspecified atom stereocenters. The Hall–Kier alpha value is 0.610. The summed E-state index contributed by atoms with van der Waals surface area (Å²) in [6.07, 6.45) is 0. The molecular weight excluding hydrogens is 535 g/mol. The van der Waals surface area contributed by atoms with Crippen molar-refractivity contribution in [3.05, 3.63) is 67.7 Å². The summed E-state index contributed by atoms with van der Waals surface area (Å²) in [5, 5.41) is 1.86. The van der Waals surface area contributed by atoms with Crippen LogP contribution in [0.1, 0.15) is 11.1 Å². The molecule has 0 aliphatic heterocycles. The predicted octanol–water partition coefficient (Wildman–Crippen LogP) is 6.53. The van der Waals surface area contributed by atoms with Gasteiger partial charge in [-0.1, -0.05) is 84.2 Å². The molecule has 0 spiro atoms. The van der Waals surface area contributed by atoms with Crippen LogP contribution in [-0.2, 0) is 10.7 Å². The van der Waals surface area contributed by atoms with Gasteiger partial charge in [-0.3, -0.25) is 0 Å². The Morgan fingerprint density at radius 1 is 0.778 bits per heavy atom. The van der Waals surface area contributed by atoms with Gasteiger partial charge in [-0.2, -0.15) is 0 Å². The molecule has 0 fully saturated rings. The molecule has 0 atom stereocenters. The molecule has 2 aromatic rings. The van der Waals surface area contributed by atoms with Crippen molar-refractivity contribution in [2.75, 3.05) is 0 Å². The third-order valence-corrected chi connectivity index (χ3v) is 5.24. The number of rotatable bonds is 2. The number of hydrogen-bond acceptors (Lipinski definition) is 0. The Bertz CT molecular complexity index is 440. The van der Waals surface area contributed by atoms with E-state index in [-0.39, 0.29) is 0 Å². The molecule has 0 N–H and O–H groups in total. The molecule has 0 aliphatic rings. The van der Waals surface area contributed by atoms with Gasteiger partial charge in [0.2, 0.25) is 0 Å². The molecule has 0 heterocycles. The van der Waals surface area contributed by atoms with Crippen LogP contribution in [0.3, 0.4) is 0 Å². The Labute approximate surface area is 147 Å². The summed E-state index contributed by atoms with van der Waals surface area (Å²) in [6, 6.07) is 16.5. The van der Waals surface area contributed by atoms with Gasteiger partial charge in [0.15, 0.2) is 0 Å². The fourth-order valence-corrected chi connectivity index (χ4v) is 4.09. The fourth-order valence-electron chi connectivity index (χ4n) is 1.21. The second-order valence-electron chi connectivity index (χ2n) is 3.45. The number of hydrogen-bond donors (Lipinski definition) is 0. The fraction of sp³-hybridized carbons (Fsp3) is 0.143. The number of halogens is 4. The smallest absolute Gasteiger partial charge is 0.0294 e.